The van der Waals surface area contributed by atoms with Crippen LogP contribution in [0.5, 0.6) is 5.75 Å². The normalized spacial score (nSPS) is 17.6. The van der Waals surface area contributed by atoms with E-state index in [9.17, 15) is 9.59 Å². The number of hydrogen-bond acceptors (Lipinski definition) is 6. The number of benzene rings is 3. The summed E-state index contributed by atoms with van der Waals surface area (Å²) in [6.07, 6.45) is 2.25. The van der Waals surface area contributed by atoms with Gasteiger partial charge >= 0.3 is 0 Å². The second-order valence-electron chi connectivity index (χ2n) is 9.32. The number of nitrogens with one attached hydrogen (secondary N) is 1. The van der Waals surface area contributed by atoms with Crippen LogP contribution in [0.2, 0.25) is 0 Å². The number of fused-ring (bicyclic) bond motifs is 1. The van der Waals surface area contributed by atoms with Crippen LogP contribution in [0.1, 0.15) is 30.9 Å². The first-order valence-corrected chi connectivity index (χ1v) is 12.2. The second kappa shape index (κ2) is 9.87. The van der Waals surface area contributed by atoms with Crippen molar-refractivity contribution in [2.75, 3.05) is 36.1 Å². The standard InChI is InChI=1S/C29H30N4O3/c1-19(34)33-26-18-21(30)8-13-25(26)27(29(33)35)28(20-6-4-3-5-7-20)31-22-9-11-23(12-10-22)36-24-14-16-32(2)17-15-24/h3-13,18,24,31H,14-17,30H2,1-2H3/b28-27-. The van der Waals surface area contributed by atoms with Gasteiger partial charge in [-0.05, 0) is 67.9 Å². The van der Waals surface area contributed by atoms with Gasteiger partial charge in [-0.1, -0.05) is 30.3 Å². The van der Waals surface area contributed by atoms with Gasteiger partial charge in [-0.2, -0.15) is 0 Å². The van der Waals surface area contributed by atoms with Crippen LogP contribution in [0.4, 0.5) is 17.1 Å². The van der Waals surface area contributed by atoms with Gasteiger partial charge in [0.25, 0.3) is 5.91 Å². The maximum absolute atomic E-state index is 13.6. The molecule has 3 aromatic rings. The number of carbonyl (C=O) groups is 2. The smallest absolute Gasteiger partial charge is 0.267 e. The lowest BCUT2D eigenvalue weighted by Crippen LogP contribution is -2.35. The number of carbonyl (C=O) groups excluding carboxylic acids is 2. The van der Waals surface area contributed by atoms with Crippen LogP contribution in [-0.2, 0) is 9.59 Å². The number of likely N-dealkylation sites (tertiary alicyclic amines) is 1. The molecular weight excluding hydrogens is 452 g/mol. The lowest BCUT2D eigenvalue weighted by Gasteiger charge is -2.29. The van der Waals surface area contributed by atoms with Crippen molar-refractivity contribution in [1.29, 1.82) is 0 Å². The van der Waals surface area contributed by atoms with E-state index < -0.39 is 0 Å². The summed E-state index contributed by atoms with van der Waals surface area (Å²) in [5.41, 5.74) is 10.3. The maximum atomic E-state index is 13.6. The highest BCUT2D eigenvalue weighted by molar-refractivity contribution is 6.43. The minimum absolute atomic E-state index is 0.222. The molecule has 1 fully saturated rings. The average molecular weight is 483 g/mol. The maximum Gasteiger partial charge on any atom is 0.267 e. The number of ether oxygens (including phenoxy) is 1. The third-order valence-corrected chi connectivity index (χ3v) is 6.67. The van der Waals surface area contributed by atoms with Crippen LogP contribution in [0.3, 0.4) is 0 Å². The Bertz CT molecular complexity index is 1310. The first-order chi connectivity index (χ1) is 17.4. The zero-order chi connectivity index (χ0) is 25.2. The minimum atomic E-state index is -0.378. The zero-order valence-electron chi connectivity index (χ0n) is 20.5. The Kier molecular flexibility index (Phi) is 6.48. The molecule has 5 rings (SSSR count). The largest absolute Gasteiger partial charge is 0.490 e. The fourth-order valence-corrected chi connectivity index (χ4v) is 4.78. The Balaban J connectivity index is 1.50. The minimum Gasteiger partial charge on any atom is -0.490 e. The predicted molar refractivity (Wildman–Crippen MR) is 143 cm³/mol. The molecule has 0 aliphatic carbocycles. The van der Waals surface area contributed by atoms with E-state index in [4.69, 9.17) is 10.5 Å². The number of amides is 2. The number of piperidine rings is 1. The average Bonchev–Trinajstić information content (AvgIpc) is 3.16. The van der Waals surface area contributed by atoms with Crippen LogP contribution in [-0.4, -0.2) is 43.0 Å². The Morgan fingerprint density at radius 1 is 1.00 bits per heavy atom. The van der Waals surface area contributed by atoms with Crippen molar-refractivity contribution in [2.45, 2.75) is 25.9 Å². The van der Waals surface area contributed by atoms with Gasteiger partial charge in [-0.25, -0.2) is 4.90 Å². The van der Waals surface area contributed by atoms with Crippen molar-refractivity contribution in [3.63, 3.8) is 0 Å². The lowest BCUT2D eigenvalue weighted by atomic mass is 10.00. The lowest BCUT2D eigenvalue weighted by molar-refractivity contribution is -0.122. The molecule has 3 N–H and O–H groups in total. The van der Waals surface area contributed by atoms with E-state index in [1.165, 1.54) is 11.8 Å². The van der Waals surface area contributed by atoms with Gasteiger partial charge in [0.1, 0.15) is 11.9 Å². The second-order valence-corrected chi connectivity index (χ2v) is 9.32. The van der Waals surface area contributed by atoms with Crippen LogP contribution in [0, 0.1) is 0 Å². The quantitative estimate of drug-likeness (QED) is 0.408. The van der Waals surface area contributed by atoms with Crippen LogP contribution < -0.4 is 20.7 Å². The van der Waals surface area contributed by atoms with Crippen molar-refractivity contribution in [3.8, 4) is 5.75 Å². The highest BCUT2D eigenvalue weighted by atomic mass is 16.5. The molecule has 184 valence electrons. The molecule has 7 nitrogen and oxygen atoms in total. The molecule has 7 heteroatoms. The Morgan fingerprint density at radius 3 is 2.36 bits per heavy atom. The SMILES string of the molecule is CC(=O)N1C(=O)/C(=C(\Nc2ccc(OC3CCN(C)CC3)cc2)c2ccccc2)c2ccc(N)cc21. The summed E-state index contributed by atoms with van der Waals surface area (Å²) in [7, 11) is 2.13. The Morgan fingerprint density at radius 2 is 1.69 bits per heavy atom. The highest BCUT2D eigenvalue weighted by Crippen LogP contribution is 2.42. The van der Waals surface area contributed by atoms with Gasteiger partial charge < -0.3 is 20.7 Å². The van der Waals surface area contributed by atoms with Crippen molar-refractivity contribution in [3.05, 3.63) is 83.9 Å². The molecule has 2 aliphatic heterocycles. The third kappa shape index (κ3) is 4.70. The number of hydrogen-bond donors (Lipinski definition) is 2. The van der Waals surface area contributed by atoms with Crippen LogP contribution in [0.15, 0.2) is 72.8 Å². The summed E-state index contributed by atoms with van der Waals surface area (Å²) in [5.74, 6) is 0.0888. The Hall–Kier alpha value is -4.10. The molecule has 0 bridgehead atoms. The number of nitrogens with zero attached hydrogens (tertiary/aromatic N) is 2. The number of rotatable bonds is 5. The van der Waals surface area contributed by atoms with E-state index in [-0.39, 0.29) is 17.9 Å². The fourth-order valence-electron chi connectivity index (χ4n) is 4.78. The summed E-state index contributed by atoms with van der Waals surface area (Å²) >= 11 is 0. The number of nitrogen functional groups attached to an aromatic ring is 1. The third-order valence-electron chi connectivity index (χ3n) is 6.67. The van der Waals surface area contributed by atoms with Crippen molar-refractivity contribution in [1.82, 2.24) is 4.90 Å². The van der Waals surface area contributed by atoms with Gasteiger partial charge in [0, 0.05) is 37.0 Å². The molecule has 0 atom stereocenters. The molecule has 0 aromatic heterocycles. The first-order valence-electron chi connectivity index (χ1n) is 12.2. The van der Waals surface area contributed by atoms with Gasteiger partial charge in [0.05, 0.1) is 17.0 Å². The molecule has 0 unspecified atom stereocenters. The van der Waals surface area contributed by atoms with E-state index in [0.717, 1.165) is 42.9 Å². The first kappa shape index (κ1) is 23.6. The molecule has 0 radical (unpaired) electrons. The molecule has 2 heterocycles. The van der Waals surface area contributed by atoms with Crippen molar-refractivity contribution in [2.24, 2.45) is 0 Å². The van der Waals surface area contributed by atoms with Gasteiger partial charge in [0.2, 0.25) is 5.91 Å². The van der Waals surface area contributed by atoms with Gasteiger partial charge in [0.15, 0.2) is 0 Å². The van der Waals surface area contributed by atoms with Gasteiger partial charge in [-0.15, -0.1) is 0 Å². The summed E-state index contributed by atoms with van der Waals surface area (Å²) in [5, 5.41) is 3.45. The van der Waals surface area contributed by atoms with Crippen molar-refractivity contribution < 1.29 is 14.3 Å². The van der Waals surface area contributed by atoms with Gasteiger partial charge in [-0.3, -0.25) is 9.59 Å². The number of anilines is 3. The van der Waals surface area contributed by atoms with Crippen LogP contribution >= 0.6 is 0 Å². The predicted octanol–water partition coefficient (Wildman–Crippen LogP) is 4.62. The molecule has 2 aliphatic rings. The van der Waals surface area contributed by atoms with Crippen molar-refractivity contribution >= 4 is 40.1 Å². The summed E-state index contributed by atoms with van der Waals surface area (Å²) in [6, 6.07) is 22.6. The fraction of sp³-hybridized carbons (Fsp3) is 0.241. The van der Waals surface area contributed by atoms with E-state index in [1.807, 2.05) is 54.6 Å². The summed E-state index contributed by atoms with van der Waals surface area (Å²) in [6.45, 7) is 3.46. The topological polar surface area (TPSA) is 87.9 Å². The Labute approximate surface area is 211 Å². The molecule has 0 saturated carbocycles. The monoisotopic (exact) mass is 482 g/mol. The van der Waals surface area contributed by atoms with E-state index in [0.29, 0.717) is 28.2 Å². The number of imide groups is 1. The van der Waals surface area contributed by atoms with E-state index in [1.54, 1.807) is 18.2 Å². The van der Waals surface area contributed by atoms with Crippen LogP contribution in [0.25, 0.3) is 11.3 Å². The summed E-state index contributed by atoms with van der Waals surface area (Å²) in [4.78, 5) is 29.5. The number of nitrogens with two attached hydrogens (primary N) is 1. The molecule has 36 heavy (non-hydrogen) atoms. The molecule has 3 aromatic carbocycles. The summed E-state index contributed by atoms with van der Waals surface area (Å²) < 4.78 is 6.19. The zero-order valence-corrected chi connectivity index (χ0v) is 20.5. The molecule has 1 saturated heterocycles. The molecule has 0 spiro atoms. The van der Waals surface area contributed by atoms with E-state index in [2.05, 4.69) is 17.3 Å². The highest BCUT2D eigenvalue weighted by Gasteiger charge is 2.37. The van der Waals surface area contributed by atoms with E-state index >= 15 is 0 Å². The molecular formula is C29H30N4O3. The molecule has 2 amide bonds.